The molecule has 6 heteroatoms. The van der Waals surface area contributed by atoms with Crippen LogP contribution >= 0.6 is 11.6 Å². The van der Waals surface area contributed by atoms with Gasteiger partial charge in [0.25, 0.3) is 0 Å². The topological polar surface area (TPSA) is 43.9 Å². The normalized spacial score (nSPS) is 13.0. The minimum atomic E-state index is -0.317. The molecule has 3 aromatic rings. The van der Waals surface area contributed by atoms with E-state index in [0.717, 1.165) is 11.3 Å². The monoisotopic (exact) mass is 293 g/mol. The SMILES string of the molecule is Cc1cnc(Cn2c(C(C)Cl)nc3cc(F)ccc32)o1. The zero-order valence-corrected chi connectivity index (χ0v) is 11.9. The Kier molecular flexibility index (Phi) is 3.22. The Balaban J connectivity index is 2.13. The van der Waals surface area contributed by atoms with Gasteiger partial charge < -0.3 is 8.98 Å². The van der Waals surface area contributed by atoms with Crippen LogP contribution in [0.4, 0.5) is 4.39 Å². The number of aryl methyl sites for hydroxylation is 1. The highest BCUT2D eigenvalue weighted by molar-refractivity contribution is 6.20. The average Bonchev–Trinajstić information content (AvgIpc) is 2.94. The van der Waals surface area contributed by atoms with E-state index >= 15 is 0 Å². The van der Waals surface area contributed by atoms with E-state index in [2.05, 4.69) is 9.97 Å². The molecule has 0 fully saturated rings. The summed E-state index contributed by atoms with van der Waals surface area (Å²) in [6.45, 7) is 4.09. The Morgan fingerprint density at radius 2 is 2.25 bits per heavy atom. The summed E-state index contributed by atoms with van der Waals surface area (Å²) in [4.78, 5) is 8.58. The highest BCUT2D eigenvalue weighted by atomic mass is 35.5. The molecule has 4 nitrogen and oxygen atoms in total. The Morgan fingerprint density at radius 3 is 2.90 bits per heavy atom. The van der Waals surface area contributed by atoms with Crippen molar-refractivity contribution in [2.24, 2.45) is 0 Å². The maximum atomic E-state index is 13.3. The molecular formula is C14H13ClFN3O. The summed E-state index contributed by atoms with van der Waals surface area (Å²) in [6.07, 6.45) is 1.66. The molecule has 3 rings (SSSR count). The number of fused-ring (bicyclic) bond motifs is 1. The molecule has 0 bridgehead atoms. The van der Waals surface area contributed by atoms with Crippen LogP contribution in [0.2, 0.25) is 0 Å². The van der Waals surface area contributed by atoms with Crippen LogP contribution < -0.4 is 0 Å². The fraction of sp³-hybridized carbons (Fsp3) is 0.286. The quantitative estimate of drug-likeness (QED) is 0.690. The highest BCUT2D eigenvalue weighted by Crippen LogP contribution is 2.26. The second-order valence-electron chi connectivity index (χ2n) is 4.67. The third-order valence-corrected chi connectivity index (χ3v) is 3.25. The Labute approximate surface area is 120 Å². The van der Waals surface area contributed by atoms with E-state index in [1.807, 2.05) is 18.4 Å². The van der Waals surface area contributed by atoms with Crippen molar-refractivity contribution in [1.29, 1.82) is 0 Å². The van der Waals surface area contributed by atoms with Gasteiger partial charge in [-0.1, -0.05) is 0 Å². The molecule has 2 aromatic heterocycles. The standard InChI is InChI=1S/C14H13ClFN3O/c1-8-6-17-13(20-8)7-19-12-4-3-10(16)5-11(12)18-14(19)9(2)15/h3-6,9H,7H2,1-2H3. The van der Waals surface area contributed by atoms with Crippen LogP contribution in [0.25, 0.3) is 11.0 Å². The Morgan fingerprint density at radius 1 is 1.45 bits per heavy atom. The minimum Gasteiger partial charge on any atom is -0.444 e. The van der Waals surface area contributed by atoms with E-state index in [4.69, 9.17) is 16.0 Å². The molecule has 0 aliphatic carbocycles. The smallest absolute Gasteiger partial charge is 0.214 e. The summed E-state index contributed by atoms with van der Waals surface area (Å²) in [6, 6.07) is 4.50. The molecule has 1 unspecified atom stereocenters. The molecule has 0 saturated heterocycles. The molecule has 0 aliphatic heterocycles. The summed E-state index contributed by atoms with van der Waals surface area (Å²) < 4.78 is 20.7. The number of hydrogen-bond donors (Lipinski definition) is 0. The first-order valence-electron chi connectivity index (χ1n) is 6.25. The predicted molar refractivity (Wildman–Crippen MR) is 74.3 cm³/mol. The lowest BCUT2D eigenvalue weighted by Gasteiger charge is -2.08. The molecule has 20 heavy (non-hydrogen) atoms. The van der Waals surface area contributed by atoms with Gasteiger partial charge in [-0.2, -0.15) is 0 Å². The van der Waals surface area contributed by atoms with Crippen LogP contribution in [0.1, 0.15) is 29.8 Å². The average molecular weight is 294 g/mol. The molecule has 2 heterocycles. The molecule has 0 radical (unpaired) electrons. The first-order chi connectivity index (χ1) is 9.54. The summed E-state index contributed by atoms with van der Waals surface area (Å²) in [5.74, 6) is 1.67. The van der Waals surface area contributed by atoms with Gasteiger partial charge in [0.1, 0.15) is 23.9 Å². The minimum absolute atomic E-state index is 0.290. The summed E-state index contributed by atoms with van der Waals surface area (Å²) in [5, 5.41) is -0.290. The van der Waals surface area contributed by atoms with Crippen molar-refractivity contribution in [1.82, 2.24) is 14.5 Å². The van der Waals surface area contributed by atoms with Gasteiger partial charge in [0.15, 0.2) is 0 Å². The van der Waals surface area contributed by atoms with E-state index in [-0.39, 0.29) is 11.2 Å². The van der Waals surface area contributed by atoms with Gasteiger partial charge in [0.2, 0.25) is 5.89 Å². The van der Waals surface area contributed by atoms with Gasteiger partial charge in [-0.25, -0.2) is 14.4 Å². The largest absolute Gasteiger partial charge is 0.444 e. The van der Waals surface area contributed by atoms with Crippen molar-refractivity contribution >= 4 is 22.6 Å². The van der Waals surface area contributed by atoms with E-state index in [1.165, 1.54) is 12.1 Å². The van der Waals surface area contributed by atoms with Gasteiger partial charge in [-0.3, -0.25) is 0 Å². The second-order valence-corrected chi connectivity index (χ2v) is 5.32. The highest BCUT2D eigenvalue weighted by Gasteiger charge is 2.17. The maximum Gasteiger partial charge on any atom is 0.214 e. The van der Waals surface area contributed by atoms with Crippen molar-refractivity contribution in [2.45, 2.75) is 25.8 Å². The van der Waals surface area contributed by atoms with Crippen LogP contribution in [-0.2, 0) is 6.54 Å². The molecular weight excluding hydrogens is 281 g/mol. The molecule has 0 spiro atoms. The van der Waals surface area contributed by atoms with Crippen molar-refractivity contribution in [3.05, 3.63) is 47.7 Å². The number of halogens is 2. The first kappa shape index (κ1) is 13.1. The number of rotatable bonds is 3. The lowest BCUT2D eigenvalue weighted by molar-refractivity contribution is 0.456. The summed E-state index contributed by atoms with van der Waals surface area (Å²) >= 11 is 6.16. The number of aromatic nitrogens is 3. The number of imidazole rings is 1. The van der Waals surface area contributed by atoms with E-state index in [0.29, 0.717) is 23.8 Å². The Bertz CT molecular complexity index is 763. The molecule has 0 amide bonds. The molecule has 0 saturated carbocycles. The van der Waals surface area contributed by atoms with Crippen LogP contribution in [-0.4, -0.2) is 14.5 Å². The van der Waals surface area contributed by atoms with Crippen LogP contribution in [0, 0.1) is 12.7 Å². The molecule has 104 valence electrons. The zero-order valence-electron chi connectivity index (χ0n) is 11.1. The fourth-order valence-electron chi connectivity index (χ4n) is 2.20. The van der Waals surface area contributed by atoms with E-state index in [1.54, 1.807) is 12.3 Å². The van der Waals surface area contributed by atoms with E-state index < -0.39 is 0 Å². The molecule has 1 aromatic carbocycles. The first-order valence-corrected chi connectivity index (χ1v) is 6.69. The van der Waals surface area contributed by atoms with Crippen LogP contribution in [0.15, 0.2) is 28.8 Å². The molecule has 1 atom stereocenters. The zero-order chi connectivity index (χ0) is 14.3. The van der Waals surface area contributed by atoms with Gasteiger partial charge in [-0.05, 0) is 26.0 Å². The van der Waals surface area contributed by atoms with E-state index in [9.17, 15) is 4.39 Å². The van der Waals surface area contributed by atoms with Crippen molar-refractivity contribution < 1.29 is 8.81 Å². The number of benzene rings is 1. The maximum absolute atomic E-state index is 13.3. The fourth-order valence-corrected chi connectivity index (χ4v) is 2.37. The lowest BCUT2D eigenvalue weighted by atomic mass is 10.3. The van der Waals surface area contributed by atoms with Gasteiger partial charge in [0.05, 0.1) is 22.6 Å². The number of hydrogen-bond acceptors (Lipinski definition) is 3. The Hall–Kier alpha value is -1.88. The molecule has 0 aliphatic rings. The lowest BCUT2D eigenvalue weighted by Crippen LogP contribution is -2.06. The van der Waals surface area contributed by atoms with Gasteiger partial charge >= 0.3 is 0 Å². The summed E-state index contributed by atoms with van der Waals surface area (Å²) in [7, 11) is 0. The van der Waals surface area contributed by atoms with Gasteiger partial charge in [0, 0.05) is 6.07 Å². The second kappa shape index (κ2) is 4.90. The van der Waals surface area contributed by atoms with Crippen LogP contribution in [0.5, 0.6) is 0 Å². The third-order valence-electron chi connectivity index (χ3n) is 3.06. The van der Waals surface area contributed by atoms with Crippen LogP contribution in [0.3, 0.4) is 0 Å². The predicted octanol–water partition coefficient (Wildman–Crippen LogP) is 3.82. The van der Waals surface area contributed by atoms with Crippen molar-refractivity contribution in [3.8, 4) is 0 Å². The molecule has 0 N–H and O–H groups in total. The number of alkyl halides is 1. The van der Waals surface area contributed by atoms with Crippen molar-refractivity contribution in [2.75, 3.05) is 0 Å². The number of oxazole rings is 1. The van der Waals surface area contributed by atoms with Gasteiger partial charge in [-0.15, -0.1) is 11.6 Å². The summed E-state index contributed by atoms with van der Waals surface area (Å²) in [5.41, 5.74) is 1.39. The third kappa shape index (κ3) is 2.29. The van der Waals surface area contributed by atoms with Crippen molar-refractivity contribution in [3.63, 3.8) is 0 Å². The number of nitrogens with zero attached hydrogens (tertiary/aromatic N) is 3.